The van der Waals surface area contributed by atoms with Crippen LogP contribution in [-0.4, -0.2) is 33.5 Å². The van der Waals surface area contributed by atoms with E-state index in [1.165, 1.54) is 6.39 Å². The summed E-state index contributed by atoms with van der Waals surface area (Å²) < 4.78 is 5.32. The SMILES string of the molecule is Cc1ncoc1C(C)N1CCC[C@H]1C(=O)O. The number of hydrogen-bond acceptors (Lipinski definition) is 4. The van der Waals surface area contributed by atoms with Crippen LogP contribution in [0, 0.1) is 6.92 Å². The maximum absolute atomic E-state index is 11.1. The minimum absolute atomic E-state index is 0.0221. The molecule has 2 rings (SSSR count). The second-order valence-corrected chi connectivity index (χ2v) is 4.21. The lowest BCUT2D eigenvalue weighted by atomic mass is 10.1. The zero-order valence-electron chi connectivity index (χ0n) is 9.51. The van der Waals surface area contributed by atoms with Crippen LogP contribution in [0.25, 0.3) is 0 Å². The Morgan fingerprint density at radius 2 is 2.50 bits per heavy atom. The first-order valence-corrected chi connectivity index (χ1v) is 5.49. The van der Waals surface area contributed by atoms with E-state index in [1.54, 1.807) is 0 Å². The first-order valence-electron chi connectivity index (χ1n) is 5.49. The molecule has 0 spiro atoms. The fourth-order valence-electron chi connectivity index (χ4n) is 2.38. The minimum atomic E-state index is -0.749. The Labute approximate surface area is 94.1 Å². The number of aryl methyl sites for hydroxylation is 1. The van der Waals surface area contributed by atoms with Crippen molar-refractivity contribution in [2.75, 3.05) is 6.54 Å². The van der Waals surface area contributed by atoms with E-state index < -0.39 is 5.97 Å². The van der Waals surface area contributed by atoms with Crippen LogP contribution < -0.4 is 0 Å². The molecule has 1 fully saturated rings. The molecule has 5 heteroatoms. The van der Waals surface area contributed by atoms with Crippen molar-refractivity contribution >= 4 is 5.97 Å². The fraction of sp³-hybridized carbons (Fsp3) is 0.636. The molecule has 1 aromatic rings. The molecule has 0 saturated carbocycles. The summed E-state index contributed by atoms with van der Waals surface area (Å²) in [6.07, 6.45) is 3.05. The van der Waals surface area contributed by atoms with E-state index in [0.717, 1.165) is 24.4 Å². The minimum Gasteiger partial charge on any atom is -0.480 e. The lowest BCUT2D eigenvalue weighted by Crippen LogP contribution is -2.37. The van der Waals surface area contributed by atoms with Crippen LogP contribution in [0.2, 0.25) is 0 Å². The second kappa shape index (κ2) is 4.25. The number of nitrogens with zero attached hydrogens (tertiary/aromatic N) is 2. The zero-order valence-corrected chi connectivity index (χ0v) is 9.51. The molecule has 0 radical (unpaired) electrons. The van der Waals surface area contributed by atoms with Gasteiger partial charge in [-0.25, -0.2) is 4.98 Å². The number of oxazole rings is 1. The van der Waals surface area contributed by atoms with E-state index in [2.05, 4.69) is 4.98 Å². The molecule has 0 aliphatic carbocycles. The van der Waals surface area contributed by atoms with Crippen molar-refractivity contribution in [1.82, 2.24) is 9.88 Å². The molecule has 1 saturated heterocycles. The van der Waals surface area contributed by atoms with Crippen LogP contribution in [0.5, 0.6) is 0 Å². The molecule has 0 aromatic carbocycles. The number of aliphatic carboxylic acids is 1. The van der Waals surface area contributed by atoms with Crippen LogP contribution in [0.3, 0.4) is 0 Å². The molecule has 2 heterocycles. The van der Waals surface area contributed by atoms with Crippen LogP contribution in [-0.2, 0) is 4.79 Å². The molecule has 1 N–H and O–H groups in total. The monoisotopic (exact) mass is 224 g/mol. The van der Waals surface area contributed by atoms with Gasteiger partial charge in [-0.3, -0.25) is 9.69 Å². The lowest BCUT2D eigenvalue weighted by Gasteiger charge is -2.26. The van der Waals surface area contributed by atoms with Gasteiger partial charge in [0.15, 0.2) is 6.39 Å². The number of aromatic nitrogens is 1. The Hall–Kier alpha value is -1.36. The Morgan fingerprint density at radius 1 is 1.75 bits per heavy atom. The summed E-state index contributed by atoms with van der Waals surface area (Å²) in [6, 6.07) is -0.411. The summed E-state index contributed by atoms with van der Waals surface area (Å²) in [7, 11) is 0. The van der Waals surface area contributed by atoms with E-state index in [-0.39, 0.29) is 12.1 Å². The normalized spacial score (nSPS) is 23.5. The quantitative estimate of drug-likeness (QED) is 0.844. The fourth-order valence-corrected chi connectivity index (χ4v) is 2.38. The van der Waals surface area contributed by atoms with Crippen molar-refractivity contribution in [2.24, 2.45) is 0 Å². The van der Waals surface area contributed by atoms with Crippen molar-refractivity contribution in [1.29, 1.82) is 0 Å². The number of hydrogen-bond donors (Lipinski definition) is 1. The molecule has 0 bridgehead atoms. The van der Waals surface area contributed by atoms with Gasteiger partial charge in [-0.1, -0.05) is 0 Å². The highest BCUT2D eigenvalue weighted by molar-refractivity contribution is 5.73. The molecule has 2 atom stereocenters. The van der Waals surface area contributed by atoms with Gasteiger partial charge in [0.1, 0.15) is 11.8 Å². The van der Waals surface area contributed by atoms with Gasteiger partial charge in [0.2, 0.25) is 0 Å². The van der Waals surface area contributed by atoms with Gasteiger partial charge >= 0.3 is 5.97 Å². The number of carbonyl (C=O) groups is 1. The van der Waals surface area contributed by atoms with E-state index in [0.29, 0.717) is 6.42 Å². The molecule has 1 unspecified atom stereocenters. The van der Waals surface area contributed by atoms with Gasteiger partial charge in [-0.2, -0.15) is 0 Å². The van der Waals surface area contributed by atoms with Crippen LogP contribution in [0.1, 0.15) is 37.3 Å². The third kappa shape index (κ3) is 1.82. The zero-order chi connectivity index (χ0) is 11.7. The van der Waals surface area contributed by atoms with E-state index in [4.69, 9.17) is 9.52 Å². The highest BCUT2D eigenvalue weighted by Crippen LogP contribution is 2.30. The predicted octanol–water partition coefficient (Wildman–Crippen LogP) is 1.59. The first-order chi connectivity index (χ1) is 7.61. The standard InChI is InChI=1S/C11H16N2O3/c1-7-10(16-6-12-7)8(2)13-5-3-4-9(13)11(14)15/h6,8-9H,3-5H2,1-2H3,(H,14,15)/t8?,9-/m0/s1. The number of carboxylic acid groups (broad SMARTS) is 1. The van der Waals surface area contributed by atoms with Gasteiger partial charge in [-0.05, 0) is 33.2 Å². The van der Waals surface area contributed by atoms with Crippen LogP contribution >= 0.6 is 0 Å². The third-order valence-corrected chi connectivity index (χ3v) is 3.24. The molecule has 5 nitrogen and oxygen atoms in total. The first kappa shape index (κ1) is 11.1. The Balaban J connectivity index is 2.18. The van der Waals surface area contributed by atoms with Crippen molar-refractivity contribution < 1.29 is 14.3 Å². The summed E-state index contributed by atoms with van der Waals surface area (Å²) in [5, 5.41) is 9.11. The predicted molar refractivity (Wildman–Crippen MR) is 57.0 cm³/mol. The summed E-state index contributed by atoms with van der Waals surface area (Å²) >= 11 is 0. The van der Waals surface area contributed by atoms with Crippen molar-refractivity contribution in [3.8, 4) is 0 Å². The highest BCUT2D eigenvalue weighted by atomic mass is 16.4. The van der Waals surface area contributed by atoms with E-state index in [9.17, 15) is 4.79 Å². The molecule has 16 heavy (non-hydrogen) atoms. The number of rotatable bonds is 3. The summed E-state index contributed by atoms with van der Waals surface area (Å²) in [6.45, 7) is 4.65. The second-order valence-electron chi connectivity index (χ2n) is 4.21. The third-order valence-electron chi connectivity index (χ3n) is 3.24. The average molecular weight is 224 g/mol. The summed E-state index contributed by atoms with van der Waals surface area (Å²) in [5.74, 6) is 0.0228. The van der Waals surface area contributed by atoms with Crippen molar-refractivity contribution in [3.63, 3.8) is 0 Å². The smallest absolute Gasteiger partial charge is 0.320 e. The molecule has 88 valence electrons. The maximum Gasteiger partial charge on any atom is 0.320 e. The summed E-state index contributed by atoms with van der Waals surface area (Å²) in [5.41, 5.74) is 0.837. The Bertz CT molecular complexity index is 388. The average Bonchev–Trinajstić information content (AvgIpc) is 2.84. The van der Waals surface area contributed by atoms with Gasteiger partial charge in [0.25, 0.3) is 0 Å². The van der Waals surface area contributed by atoms with Gasteiger partial charge < -0.3 is 9.52 Å². The summed E-state index contributed by atoms with van der Waals surface area (Å²) in [4.78, 5) is 17.1. The molecule has 1 aromatic heterocycles. The van der Waals surface area contributed by atoms with Gasteiger partial charge in [-0.15, -0.1) is 0 Å². The van der Waals surface area contributed by atoms with Crippen LogP contribution in [0.4, 0.5) is 0 Å². The molecule has 1 aliphatic heterocycles. The van der Waals surface area contributed by atoms with Crippen molar-refractivity contribution in [2.45, 2.75) is 38.8 Å². The molecular formula is C11H16N2O3. The van der Waals surface area contributed by atoms with Crippen molar-refractivity contribution in [3.05, 3.63) is 17.8 Å². The lowest BCUT2D eigenvalue weighted by molar-refractivity contribution is -0.143. The van der Waals surface area contributed by atoms with Gasteiger partial charge in [0, 0.05) is 0 Å². The van der Waals surface area contributed by atoms with E-state index in [1.807, 2.05) is 18.7 Å². The number of carboxylic acids is 1. The Kier molecular flexibility index (Phi) is 2.96. The molecular weight excluding hydrogens is 208 g/mol. The van der Waals surface area contributed by atoms with Gasteiger partial charge in [0.05, 0.1) is 11.7 Å². The maximum atomic E-state index is 11.1. The largest absolute Gasteiger partial charge is 0.480 e. The number of likely N-dealkylation sites (tertiary alicyclic amines) is 1. The van der Waals surface area contributed by atoms with E-state index >= 15 is 0 Å². The highest BCUT2D eigenvalue weighted by Gasteiger charge is 2.35. The molecule has 0 amide bonds. The molecule has 1 aliphatic rings. The topological polar surface area (TPSA) is 66.6 Å². The van der Waals surface area contributed by atoms with Crippen LogP contribution in [0.15, 0.2) is 10.8 Å². The Morgan fingerprint density at radius 3 is 3.06 bits per heavy atom.